The van der Waals surface area contributed by atoms with Gasteiger partial charge in [-0.15, -0.1) is 0 Å². The average Bonchev–Trinajstić information content (AvgIpc) is 3.21. The Labute approximate surface area is 170 Å². The van der Waals surface area contributed by atoms with E-state index in [0.29, 0.717) is 35.9 Å². The monoisotopic (exact) mass is 426 g/mol. The van der Waals surface area contributed by atoms with Gasteiger partial charge in [0.15, 0.2) is 0 Å². The zero-order valence-electron chi connectivity index (χ0n) is 15.9. The summed E-state index contributed by atoms with van der Waals surface area (Å²) in [5.41, 5.74) is 0.339. The standard InChI is InChI=1S/C19H21ClF2N4O3/c1-29-15-6-5-12(9-13(15)20)10-25-18(28)26-14(3-2-4-16(26)23-25)17(27)24-8-7-19(21,22)11-24/h5-6,9,14H,2-4,7-8,10-11H2,1H3/t14-/m1/s1. The number of rotatable bonds is 4. The highest BCUT2D eigenvalue weighted by Gasteiger charge is 2.43. The summed E-state index contributed by atoms with van der Waals surface area (Å²) in [5, 5.41) is 4.80. The Kier molecular flexibility index (Phi) is 5.10. The van der Waals surface area contributed by atoms with Gasteiger partial charge in [-0.1, -0.05) is 17.7 Å². The van der Waals surface area contributed by atoms with Crippen LogP contribution in [0, 0.1) is 0 Å². The summed E-state index contributed by atoms with van der Waals surface area (Å²) >= 11 is 6.15. The lowest BCUT2D eigenvalue weighted by Crippen LogP contribution is -2.42. The highest BCUT2D eigenvalue weighted by atomic mass is 35.5. The molecule has 2 aliphatic rings. The number of halogens is 3. The van der Waals surface area contributed by atoms with Gasteiger partial charge >= 0.3 is 5.69 Å². The lowest BCUT2D eigenvalue weighted by molar-refractivity contribution is -0.135. The van der Waals surface area contributed by atoms with Gasteiger partial charge in [0.05, 0.1) is 25.2 Å². The van der Waals surface area contributed by atoms with Crippen LogP contribution >= 0.6 is 11.6 Å². The van der Waals surface area contributed by atoms with Gasteiger partial charge in [-0.25, -0.2) is 18.3 Å². The maximum absolute atomic E-state index is 13.5. The van der Waals surface area contributed by atoms with Crippen molar-refractivity contribution < 1.29 is 18.3 Å². The molecule has 0 spiro atoms. The van der Waals surface area contributed by atoms with Crippen molar-refractivity contribution in [3.05, 3.63) is 45.1 Å². The van der Waals surface area contributed by atoms with Gasteiger partial charge in [0.2, 0.25) is 5.91 Å². The number of carbonyl (C=O) groups excluding carboxylic acids is 1. The summed E-state index contributed by atoms with van der Waals surface area (Å²) in [4.78, 5) is 27.0. The van der Waals surface area contributed by atoms with Crippen molar-refractivity contribution in [1.82, 2.24) is 19.2 Å². The van der Waals surface area contributed by atoms with E-state index in [4.69, 9.17) is 16.3 Å². The fraction of sp³-hybridized carbons (Fsp3) is 0.526. The van der Waals surface area contributed by atoms with Crippen LogP contribution in [0.5, 0.6) is 5.75 Å². The fourth-order valence-corrected chi connectivity index (χ4v) is 4.26. The fourth-order valence-electron chi connectivity index (χ4n) is 3.98. The summed E-state index contributed by atoms with van der Waals surface area (Å²) < 4.78 is 34.8. The minimum atomic E-state index is -2.87. The third-order valence-corrected chi connectivity index (χ3v) is 5.74. The van der Waals surface area contributed by atoms with E-state index in [1.165, 1.54) is 16.4 Å². The Bertz CT molecular complexity index is 1000. The van der Waals surface area contributed by atoms with Gasteiger partial charge in [0.25, 0.3) is 5.92 Å². The summed E-state index contributed by atoms with van der Waals surface area (Å²) in [6.45, 7) is -0.402. The number of aryl methyl sites for hydroxylation is 1. The Balaban J connectivity index is 1.60. The number of aromatic nitrogens is 3. The van der Waals surface area contributed by atoms with Gasteiger partial charge in [0, 0.05) is 19.4 Å². The van der Waals surface area contributed by atoms with E-state index in [1.54, 1.807) is 18.2 Å². The molecule has 4 rings (SSSR count). The average molecular weight is 427 g/mol. The van der Waals surface area contributed by atoms with Crippen LogP contribution in [0.25, 0.3) is 0 Å². The third kappa shape index (κ3) is 3.75. The largest absolute Gasteiger partial charge is 0.495 e. The second-order valence-electron chi connectivity index (χ2n) is 7.47. The van der Waals surface area contributed by atoms with Crippen molar-refractivity contribution in [3.63, 3.8) is 0 Å². The van der Waals surface area contributed by atoms with E-state index in [9.17, 15) is 18.4 Å². The van der Waals surface area contributed by atoms with Crippen molar-refractivity contribution in [2.45, 2.75) is 44.2 Å². The lowest BCUT2D eigenvalue weighted by atomic mass is 10.0. The molecule has 7 nitrogen and oxygen atoms in total. The number of amides is 1. The molecular formula is C19H21ClF2N4O3. The molecule has 0 N–H and O–H groups in total. The van der Waals surface area contributed by atoms with Gasteiger partial charge in [-0.2, -0.15) is 5.10 Å². The Morgan fingerprint density at radius 1 is 1.41 bits per heavy atom. The first-order chi connectivity index (χ1) is 13.8. The number of fused-ring (bicyclic) bond motifs is 1. The molecule has 1 saturated heterocycles. The zero-order valence-corrected chi connectivity index (χ0v) is 16.7. The molecule has 1 amide bonds. The van der Waals surface area contributed by atoms with Gasteiger partial charge in [0.1, 0.15) is 17.6 Å². The molecular weight excluding hydrogens is 406 g/mol. The quantitative estimate of drug-likeness (QED) is 0.753. The normalized spacial score (nSPS) is 20.6. The number of alkyl halides is 2. The van der Waals surface area contributed by atoms with E-state index in [1.807, 2.05) is 0 Å². The minimum absolute atomic E-state index is 0.00486. The molecule has 0 bridgehead atoms. The predicted molar refractivity (Wildman–Crippen MR) is 102 cm³/mol. The van der Waals surface area contributed by atoms with Crippen molar-refractivity contribution >= 4 is 17.5 Å². The molecule has 1 atom stereocenters. The topological polar surface area (TPSA) is 69.4 Å². The number of carbonyl (C=O) groups is 1. The Hall–Kier alpha value is -2.42. The van der Waals surface area contributed by atoms with Crippen LogP contribution in [-0.2, 0) is 17.8 Å². The molecule has 0 aliphatic carbocycles. The molecule has 2 aliphatic heterocycles. The van der Waals surface area contributed by atoms with Crippen LogP contribution < -0.4 is 10.4 Å². The molecule has 1 aromatic carbocycles. The lowest BCUT2D eigenvalue weighted by Gasteiger charge is -2.27. The molecule has 156 valence electrons. The molecule has 0 radical (unpaired) electrons. The second-order valence-corrected chi connectivity index (χ2v) is 7.88. The first-order valence-corrected chi connectivity index (χ1v) is 9.84. The van der Waals surface area contributed by atoms with Crippen LogP contribution in [0.4, 0.5) is 8.78 Å². The molecule has 1 aromatic heterocycles. The van der Waals surface area contributed by atoms with E-state index in [2.05, 4.69) is 5.10 Å². The van der Waals surface area contributed by atoms with Crippen LogP contribution in [-0.4, -0.2) is 51.3 Å². The number of ether oxygens (including phenoxy) is 1. The van der Waals surface area contributed by atoms with Gasteiger partial charge in [-0.3, -0.25) is 9.36 Å². The molecule has 1 fully saturated rings. The van der Waals surface area contributed by atoms with Crippen molar-refractivity contribution in [1.29, 1.82) is 0 Å². The number of methoxy groups -OCH3 is 1. The third-order valence-electron chi connectivity index (χ3n) is 5.45. The molecule has 3 heterocycles. The zero-order chi connectivity index (χ0) is 20.8. The minimum Gasteiger partial charge on any atom is -0.495 e. The SMILES string of the molecule is COc1ccc(Cn2nc3n(c2=O)[C@@H](C(=O)N2CCC(F)(F)C2)CCC3)cc1Cl. The second kappa shape index (κ2) is 7.44. The van der Waals surface area contributed by atoms with E-state index in [-0.39, 0.29) is 19.5 Å². The number of hydrogen-bond acceptors (Lipinski definition) is 4. The van der Waals surface area contributed by atoms with Crippen molar-refractivity contribution in [3.8, 4) is 5.75 Å². The van der Waals surface area contributed by atoms with Crippen LogP contribution in [0.2, 0.25) is 5.02 Å². The highest BCUT2D eigenvalue weighted by molar-refractivity contribution is 6.32. The van der Waals surface area contributed by atoms with Crippen LogP contribution in [0.15, 0.2) is 23.0 Å². The van der Waals surface area contributed by atoms with Gasteiger partial charge in [-0.05, 0) is 30.5 Å². The Morgan fingerprint density at radius 3 is 2.86 bits per heavy atom. The molecule has 0 saturated carbocycles. The van der Waals surface area contributed by atoms with E-state index in [0.717, 1.165) is 10.5 Å². The maximum atomic E-state index is 13.5. The van der Waals surface area contributed by atoms with Gasteiger partial charge < -0.3 is 9.64 Å². The van der Waals surface area contributed by atoms with Crippen LogP contribution in [0.3, 0.4) is 0 Å². The molecule has 29 heavy (non-hydrogen) atoms. The first-order valence-electron chi connectivity index (χ1n) is 9.46. The van der Waals surface area contributed by atoms with E-state index < -0.39 is 30.1 Å². The summed E-state index contributed by atoms with van der Waals surface area (Å²) in [5.74, 6) is -2.27. The van der Waals surface area contributed by atoms with E-state index >= 15 is 0 Å². The first kappa shape index (κ1) is 19.9. The smallest absolute Gasteiger partial charge is 0.346 e. The molecule has 10 heteroatoms. The van der Waals surface area contributed by atoms with Crippen LogP contribution in [0.1, 0.15) is 36.7 Å². The maximum Gasteiger partial charge on any atom is 0.346 e. The molecule has 2 aromatic rings. The van der Waals surface area contributed by atoms with Crippen molar-refractivity contribution in [2.75, 3.05) is 20.2 Å². The summed E-state index contributed by atoms with van der Waals surface area (Å²) in [7, 11) is 1.52. The van der Waals surface area contributed by atoms with Crippen molar-refractivity contribution in [2.24, 2.45) is 0 Å². The molecule has 0 unspecified atom stereocenters. The Morgan fingerprint density at radius 2 is 2.21 bits per heavy atom. The summed E-state index contributed by atoms with van der Waals surface area (Å²) in [6.07, 6.45) is 1.33. The number of benzene rings is 1. The number of likely N-dealkylation sites (tertiary alicyclic amines) is 1. The number of nitrogens with zero attached hydrogens (tertiary/aromatic N) is 4. The summed E-state index contributed by atoms with van der Waals surface area (Å²) in [6, 6.07) is 4.40. The predicted octanol–water partition coefficient (Wildman–Crippen LogP) is 2.50. The number of hydrogen-bond donors (Lipinski definition) is 0. The highest BCUT2D eigenvalue weighted by Crippen LogP contribution is 2.31.